The summed E-state index contributed by atoms with van der Waals surface area (Å²) in [5.74, 6) is 0.202. The van der Waals surface area contributed by atoms with Gasteiger partial charge >= 0.3 is 5.97 Å². The minimum absolute atomic E-state index is 0.149. The predicted molar refractivity (Wildman–Crippen MR) is 170 cm³/mol. The van der Waals surface area contributed by atoms with Crippen LogP contribution in [0.4, 0.5) is 5.69 Å². The van der Waals surface area contributed by atoms with Gasteiger partial charge in [0.15, 0.2) is 11.8 Å². The number of benzene rings is 4. The summed E-state index contributed by atoms with van der Waals surface area (Å²) < 4.78 is 13.0. The van der Waals surface area contributed by atoms with Crippen LogP contribution < -0.4 is 9.47 Å². The van der Waals surface area contributed by atoms with E-state index < -0.39 is 12.1 Å². The Bertz CT molecular complexity index is 1730. The highest BCUT2D eigenvalue weighted by Gasteiger charge is 2.18. The second-order valence-corrected chi connectivity index (χ2v) is 11.0. The van der Waals surface area contributed by atoms with Crippen molar-refractivity contribution in [1.29, 1.82) is 0 Å². The first kappa shape index (κ1) is 29.5. The third-order valence-electron chi connectivity index (χ3n) is 6.55. The Morgan fingerprint density at radius 3 is 2.14 bits per heavy atom. The predicted octanol–water partition coefficient (Wildman–Crippen LogP) is 7.92. The van der Waals surface area contributed by atoms with Gasteiger partial charge < -0.3 is 19.4 Å². The van der Waals surface area contributed by atoms with Gasteiger partial charge in [0.1, 0.15) is 29.7 Å². The van der Waals surface area contributed by atoms with E-state index in [-0.39, 0.29) is 5.71 Å². The molecule has 0 saturated carbocycles. The first-order valence-electron chi connectivity index (χ1n) is 13.7. The Morgan fingerprint density at radius 2 is 1.49 bits per heavy atom. The smallest absolute Gasteiger partial charge is 0.353 e. The van der Waals surface area contributed by atoms with Crippen molar-refractivity contribution in [1.82, 2.24) is 4.98 Å². The molecule has 0 aliphatic carbocycles. The van der Waals surface area contributed by atoms with Crippen LogP contribution in [-0.4, -0.2) is 34.1 Å². The topological polar surface area (TPSA) is 103 Å². The number of hydrogen-bond acceptors (Lipinski definition) is 8. The Morgan fingerprint density at radius 1 is 0.860 bits per heavy atom. The highest BCUT2D eigenvalue weighted by Crippen LogP contribution is 2.30. The summed E-state index contributed by atoms with van der Waals surface area (Å²) in [7, 11) is 0. The normalized spacial score (nSPS) is 12.6. The maximum absolute atomic E-state index is 11.3. The monoisotopic (exact) mass is 593 g/mol. The average Bonchev–Trinajstić information content (AvgIpc) is 3.44. The molecule has 1 atom stereocenters. The molecule has 0 bridgehead atoms. The molecule has 1 unspecified atom stereocenters. The van der Waals surface area contributed by atoms with Crippen molar-refractivity contribution in [2.75, 3.05) is 6.61 Å². The van der Waals surface area contributed by atoms with Gasteiger partial charge in [-0.25, -0.2) is 9.78 Å². The van der Waals surface area contributed by atoms with Crippen molar-refractivity contribution in [3.05, 3.63) is 119 Å². The van der Waals surface area contributed by atoms with E-state index in [0.29, 0.717) is 24.7 Å². The number of nitrogens with zero attached hydrogens (tertiary/aromatic N) is 3. The standard InChI is InChI=1S/C34H31N3O5S/c1-22-8-4-5-9-29(22)35-23(2)20-40-27-16-12-25(13-17-27)33(42-37-24(3)34(38)39)26-14-18-28(19-15-26)41-21-32-36-30-10-6-7-11-31(30)43-32/h4-19,33H,20-21H2,1-3H3,(H,38,39)/b35-23?,37-24+. The molecule has 0 aliphatic rings. The van der Waals surface area contributed by atoms with Gasteiger partial charge in [0.2, 0.25) is 0 Å². The van der Waals surface area contributed by atoms with Crippen LogP contribution in [0.1, 0.15) is 41.6 Å². The van der Waals surface area contributed by atoms with Crippen LogP contribution in [0, 0.1) is 6.92 Å². The largest absolute Gasteiger partial charge is 0.488 e. The number of para-hydroxylation sites is 2. The highest BCUT2D eigenvalue weighted by molar-refractivity contribution is 7.18. The molecule has 0 saturated heterocycles. The number of fused-ring (bicyclic) bond motifs is 1. The number of aliphatic carboxylic acids is 1. The number of carbonyl (C=O) groups is 1. The summed E-state index contributed by atoms with van der Waals surface area (Å²) in [5.41, 5.74) is 5.25. The van der Waals surface area contributed by atoms with Crippen molar-refractivity contribution >= 4 is 44.6 Å². The SMILES string of the molecule is CC(COc1ccc(C(O/N=C(\C)C(=O)O)c2ccc(OCc3nc4ccccc4s3)cc2)cc1)=Nc1ccccc1C. The number of aromatic nitrogens is 1. The highest BCUT2D eigenvalue weighted by atomic mass is 32.1. The molecule has 8 nitrogen and oxygen atoms in total. The second-order valence-electron chi connectivity index (χ2n) is 9.89. The van der Waals surface area contributed by atoms with Gasteiger partial charge in [-0.1, -0.05) is 59.8 Å². The third-order valence-corrected chi connectivity index (χ3v) is 7.56. The first-order valence-corrected chi connectivity index (χ1v) is 14.5. The second kappa shape index (κ2) is 13.8. The van der Waals surface area contributed by atoms with E-state index >= 15 is 0 Å². The number of carboxylic acids is 1. The van der Waals surface area contributed by atoms with E-state index in [9.17, 15) is 9.90 Å². The number of ether oxygens (including phenoxy) is 2. The summed E-state index contributed by atoms with van der Waals surface area (Å²) in [6.45, 7) is 6.04. The molecule has 5 aromatic rings. The molecule has 0 spiro atoms. The molecule has 1 aromatic heterocycles. The summed E-state index contributed by atoms with van der Waals surface area (Å²) in [6, 6.07) is 30.8. The van der Waals surface area contributed by atoms with E-state index in [1.54, 1.807) is 11.3 Å². The minimum atomic E-state index is -1.15. The van der Waals surface area contributed by atoms with E-state index in [1.807, 2.05) is 111 Å². The van der Waals surface area contributed by atoms with E-state index in [0.717, 1.165) is 43.3 Å². The molecule has 218 valence electrons. The van der Waals surface area contributed by atoms with E-state index in [2.05, 4.69) is 15.1 Å². The summed E-state index contributed by atoms with van der Waals surface area (Å²) in [5, 5.41) is 14.0. The van der Waals surface area contributed by atoms with Crippen molar-refractivity contribution < 1.29 is 24.2 Å². The maximum Gasteiger partial charge on any atom is 0.353 e. The Balaban J connectivity index is 1.27. The van der Waals surface area contributed by atoms with Gasteiger partial charge in [0.25, 0.3) is 0 Å². The fraction of sp³-hybridized carbons (Fsp3) is 0.176. The van der Waals surface area contributed by atoms with Crippen LogP contribution >= 0.6 is 11.3 Å². The van der Waals surface area contributed by atoms with Crippen LogP contribution in [0.5, 0.6) is 11.5 Å². The minimum Gasteiger partial charge on any atom is -0.488 e. The lowest BCUT2D eigenvalue weighted by molar-refractivity contribution is -0.129. The number of carboxylic acid groups (broad SMARTS) is 1. The van der Waals surface area contributed by atoms with Crippen LogP contribution in [0.25, 0.3) is 10.2 Å². The van der Waals surface area contributed by atoms with Crippen molar-refractivity contribution in [2.24, 2.45) is 10.1 Å². The zero-order chi connectivity index (χ0) is 30.2. The molecule has 1 N–H and O–H groups in total. The number of aliphatic imine (C=N–C) groups is 1. The third kappa shape index (κ3) is 7.84. The molecule has 9 heteroatoms. The Labute approximate surface area is 253 Å². The molecular weight excluding hydrogens is 562 g/mol. The van der Waals surface area contributed by atoms with Crippen LogP contribution in [0.15, 0.2) is 107 Å². The van der Waals surface area contributed by atoms with Gasteiger partial charge in [-0.15, -0.1) is 11.3 Å². The Hall–Kier alpha value is -5.02. The molecule has 0 radical (unpaired) electrons. The van der Waals surface area contributed by atoms with Gasteiger partial charge in [-0.2, -0.15) is 0 Å². The maximum atomic E-state index is 11.3. The van der Waals surface area contributed by atoms with Crippen LogP contribution in [0.3, 0.4) is 0 Å². The van der Waals surface area contributed by atoms with Crippen molar-refractivity contribution in [2.45, 2.75) is 33.5 Å². The molecule has 43 heavy (non-hydrogen) atoms. The number of aryl methyl sites for hydroxylation is 1. The number of rotatable bonds is 12. The van der Waals surface area contributed by atoms with E-state index in [1.165, 1.54) is 6.92 Å². The number of hydrogen-bond donors (Lipinski definition) is 1. The fourth-order valence-electron chi connectivity index (χ4n) is 4.20. The lowest BCUT2D eigenvalue weighted by Gasteiger charge is -2.17. The fourth-order valence-corrected chi connectivity index (χ4v) is 5.08. The molecule has 0 fully saturated rings. The number of oxime groups is 1. The zero-order valence-corrected chi connectivity index (χ0v) is 24.9. The molecule has 5 rings (SSSR count). The molecule has 0 aliphatic heterocycles. The van der Waals surface area contributed by atoms with Gasteiger partial charge in [0, 0.05) is 0 Å². The summed E-state index contributed by atoms with van der Waals surface area (Å²) >= 11 is 1.60. The zero-order valence-electron chi connectivity index (χ0n) is 24.1. The lowest BCUT2D eigenvalue weighted by atomic mass is 10.0. The van der Waals surface area contributed by atoms with Crippen molar-refractivity contribution in [3.8, 4) is 11.5 Å². The number of thiazole rings is 1. The Kier molecular flexibility index (Phi) is 9.43. The van der Waals surface area contributed by atoms with Gasteiger partial charge in [0.05, 0.1) is 21.6 Å². The van der Waals surface area contributed by atoms with Gasteiger partial charge in [-0.3, -0.25) is 4.99 Å². The van der Waals surface area contributed by atoms with Crippen LogP contribution in [0.2, 0.25) is 0 Å². The molecule has 1 heterocycles. The first-order chi connectivity index (χ1) is 20.9. The molecule has 0 amide bonds. The van der Waals surface area contributed by atoms with E-state index in [4.69, 9.17) is 14.3 Å². The molecule has 4 aromatic carbocycles. The van der Waals surface area contributed by atoms with Crippen molar-refractivity contribution in [3.63, 3.8) is 0 Å². The average molecular weight is 594 g/mol. The molecular formula is C34H31N3O5S. The van der Waals surface area contributed by atoms with Gasteiger partial charge in [-0.05, 0) is 79.9 Å². The van der Waals surface area contributed by atoms with Crippen LogP contribution in [-0.2, 0) is 16.2 Å². The lowest BCUT2D eigenvalue weighted by Crippen LogP contribution is -2.11. The summed E-state index contributed by atoms with van der Waals surface area (Å²) in [6.07, 6.45) is -0.647. The quantitative estimate of drug-likeness (QED) is 0.116. The summed E-state index contributed by atoms with van der Waals surface area (Å²) in [4.78, 5) is 26.3.